The lowest BCUT2D eigenvalue weighted by atomic mass is 10.2. The molecular formula is C14H18N4O2S. The summed E-state index contributed by atoms with van der Waals surface area (Å²) in [6.45, 7) is 4.77. The molecule has 2 rings (SSSR count). The molecule has 0 fully saturated rings. The van der Waals surface area contributed by atoms with Gasteiger partial charge in [0.15, 0.2) is 0 Å². The van der Waals surface area contributed by atoms with Gasteiger partial charge in [0.05, 0.1) is 23.1 Å². The maximum atomic E-state index is 11.0. The Morgan fingerprint density at radius 1 is 1.43 bits per heavy atom. The van der Waals surface area contributed by atoms with Gasteiger partial charge in [0.1, 0.15) is 11.6 Å². The number of nitrogens with zero attached hydrogens (tertiary/aromatic N) is 2. The molecule has 21 heavy (non-hydrogen) atoms. The molecule has 0 aliphatic heterocycles. The molecule has 1 unspecified atom stereocenters. The predicted octanol–water partition coefficient (Wildman–Crippen LogP) is 4.05. The smallest absolute Gasteiger partial charge is 0.276 e. The highest BCUT2D eigenvalue weighted by Gasteiger charge is 2.13. The molecule has 2 N–H and O–H groups in total. The lowest BCUT2D eigenvalue weighted by Gasteiger charge is -2.14. The highest BCUT2D eigenvalue weighted by molar-refractivity contribution is 7.10. The Balaban J connectivity index is 2.20. The van der Waals surface area contributed by atoms with Gasteiger partial charge in [-0.3, -0.25) is 10.1 Å². The number of rotatable bonds is 7. The molecule has 0 bridgehead atoms. The van der Waals surface area contributed by atoms with Crippen LogP contribution in [0.3, 0.4) is 0 Å². The predicted molar refractivity (Wildman–Crippen MR) is 86.0 cm³/mol. The maximum absolute atomic E-state index is 11.0. The van der Waals surface area contributed by atoms with Crippen molar-refractivity contribution < 1.29 is 4.92 Å². The summed E-state index contributed by atoms with van der Waals surface area (Å²) in [7, 11) is 0. The topological polar surface area (TPSA) is 80.1 Å². The highest BCUT2D eigenvalue weighted by Crippen LogP contribution is 2.26. The van der Waals surface area contributed by atoms with E-state index < -0.39 is 4.92 Å². The first kappa shape index (κ1) is 15.2. The fraction of sp³-hybridized carbons (Fsp3) is 0.357. The van der Waals surface area contributed by atoms with E-state index in [1.54, 1.807) is 11.3 Å². The molecule has 2 heterocycles. The Bertz CT molecular complexity index is 601. The standard InChI is InChI=1S/C14H18N4O2S/c1-3-6-15-13-8-11(18(19)20)9-14(17-13)16-10(2)12-5-4-7-21-12/h4-5,7-10H,3,6H2,1-2H3,(H2,15,16,17). The summed E-state index contributed by atoms with van der Waals surface area (Å²) in [5.41, 5.74) is 0.0319. The van der Waals surface area contributed by atoms with Crippen molar-refractivity contribution in [2.75, 3.05) is 17.2 Å². The minimum Gasteiger partial charge on any atom is -0.370 e. The monoisotopic (exact) mass is 306 g/mol. The number of pyridine rings is 1. The van der Waals surface area contributed by atoms with Gasteiger partial charge in [-0.15, -0.1) is 11.3 Å². The third kappa shape index (κ3) is 4.16. The molecule has 2 aromatic rings. The zero-order valence-corrected chi connectivity index (χ0v) is 12.8. The number of aromatic nitrogens is 1. The van der Waals surface area contributed by atoms with Crippen molar-refractivity contribution in [2.24, 2.45) is 0 Å². The summed E-state index contributed by atoms with van der Waals surface area (Å²) < 4.78 is 0. The normalized spacial score (nSPS) is 11.9. The largest absolute Gasteiger partial charge is 0.370 e. The average molecular weight is 306 g/mol. The second-order valence-corrected chi connectivity index (χ2v) is 5.64. The molecule has 0 aliphatic carbocycles. The molecule has 2 aromatic heterocycles. The Kier molecular flexibility index (Phi) is 5.10. The van der Waals surface area contributed by atoms with Crippen LogP contribution >= 0.6 is 11.3 Å². The van der Waals surface area contributed by atoms with Crippen LogP contribution in [0.1, 0.15) is 31.2 Å². The van der Waals surface area contributed by atoms with Gasteiger partial charge >= 0.3 is 0 Å². The van der Waals surface area contributed by atoms with Crippen LogP contribution in [0.4, 0.5) is 17.3 Å². The molecule has 0 aliphatic rings. The van der Waals surface area contributed by atoms with Crippen molar-refractivity contribution in [3.8, 4) is 0 Å². The number of nitrogens with one attached hydrogen (secondary N) is 2. The molecular weight excluding hydrogens is 288 g/mol. The molecule has 6 nitrogen and oxygen atoms in total. The van der Waals surface area contributed by atoms with E-state index in [0.29, 0.717) is 11.6 Å². The maximum Gasteiger partial charge on any atom is 0.276 e. The van der Waals surface area contributed by atoms with Gasteiger partial charge in [-0.1, -0.05) is 13.0 Å². The number of nitro groups is 1. The lowest BCUT2D eigenvalue weighted by molar-refractivity contribution is -0.384. The van der Waals surface area contributed by atoms with E-state index in [9.17, 15) is 10.1 Å². The van der Waals surface area contributed by atoms with E-state index >= 15 is 0 Å². The van der Waals surface area contributed by atoms with Crippen LogP contribution in [0.15, 0.2) is 29.6 Å². The number of thiophene rings is 1. The van der Waals surface area contributed by atoms with E-state index in [1.165, 1.54) is 12.1 Å². The molecule has 0 saturated carbocycles. The van der Waals surface area contributed by atoms with Crippen molar-refractivity contribution in [1.82, 2.24) is 4.98 Å². The van der Waals surface area contributed by atoms with E-state index in [2.05, 4.69) is 15.6 Å². The summed E-state index contributed by atoms with van der Waals surface area (Å²) in [6.07, 6.45) is 0.929. The Morgan fingerprint density at radius 2 is 2.19 bits per heavy atom. The van der Waals surface area contributed by atoms with Crippen LogP contribution in [0.2, 0.25) is 0 Å². The van der Waals surface area contributed by atoms with Gasteiger partial charge in [-0.2, -0.15) is 0 Å². The van der Waals surface area contributed by atoms with Crippen LogP contribution in [-0.4, -0.2) is 16.5 Å². The first-order chi connectivity index (χ1) is 10.1. The Morgan fingerprint density at radius 3 is 2.81 bits per heavy atom. The van der Waals surface area contributed by atoms with Gasteiger partial charge in [0, 0.05) is 11.4 Å². The first-order valence-corrected chi connectivity index (χ1v) is 7.68. The quantitative estimate of drug-likeness (QED) is 0.596. The van der Waals surface area contributed by atoms with Crippen LogP contribution in [0, 0.1) is 10.1 Å². The molecule has 0 aromatic carbocycles. The molecule has 0 amide bonds. The number of hydrogen-bond donors (Lipinski definition) is 2. The zero-order chi connectivity index (χ0) is 15.2. The van der Waals surface area contributed by atoms with Gasteiger partial charge in [-0.05, 0) is 24.8 Å². The van der Waals surface area contributed by atoms with Crippen LogP contribution in [0.25, 0.3) is 0 Å². The second kappa shape index (κ2) is 7.03. The summed E-state index contributed by atoms with van der Waals surface area (Å²) in [6, 6.07) is 6.97. The van der Waals surface area contributed by atoms with Crippen LogP contribution in [0.5, 0.6) is 0 Å². The SMILES string of the molecule is CCCNc1cc([N+](=O)[O-])cc(NC(C)c2cccs2)n1. The summed E-state index contributed by atoms with van der Waals surface area (Å²) in [5.74, 6) is 1.02. The minimum atomic E-state index is -0.403. The molecule has 0 radical (unpaired) electrons. The van der Waals surface area contributed by atoms with E-state index in [1.807, 2.05) is 31.4 Å². The third-order valence-electron chi connectivity index (χ3n) is 2.91. The molecule has 1 atom stereocenters. The molecule has 0 spiro atoms. The third-order valence-corrected chi connectivity index (χ3v) is 3.97. The molecule has 0 saturated heterocycles. The average Bonchev–Trinajstić information content (AvgIpc) is 2.99. The zero-order valence-electron chi connectivity index (χ0n) is 12.0. The lowest BCUT2D eigenvalue weighted by Crippen LogP contribution is -2.09. The summed E-state index contributed by atoms with van der Waals surface area (Å²) in [4.78, 5) is 16.2. The Hall–Kier alpha value is -2.15. The van der Waals surface area contributed by atoms with Gasteiger partial charge in [0.25, 0.3) is 5.69 Å². The Labute approximate surface area is 127 Å². The van der Waals surface area contributed by atoms with Gasteiger partial charge in [0.2, 0.25) is 0 Å². The van der Waals surface area contributed by atoms with E-state index in [-0.39, 0.29) is 11.7 Å². The fourth-order valence-electron chi connectivity index (χ4n) is 1.87. The summed E-state index contributed by atoms with van der Waals surface area (Å²) >= 11 is 1.64. The van der Waals surface area contributed by atoms with Gasteiger partial charge < -0.3 is 10.6 Å². The number of anilines is 2. The highest BCUT2D eigenvalue weighted by atomic mass is 32.1. The van der Waals surface area contributed by atoms with Crippen LogP contribution < -0.4 is 10.6 Å². The number of hydrogen-bond acceptors (Lipinski definition) is 6. The molecule has 7 heteroatoms. The second-order valence-electron chi connectivity index (χ2n) is 4.66. The van der Waals surface area contributed by atoms with Crippen molar-refractivity contribution in [3.63, 3.8) is 0 Å². The minimum absolute atomic E-state index is 0.0319. The summed E-state index contributed by atoms with van der Waals surface area (Å²) in [5, 5.41) is 19.3. The van der Waals surface area contributed by atoms with Crippen molar-refractivity contribution >= 4 is 28.7 Å². The fourth-order valence-corrected chi connectivity index (χ4v) is 2.60. The van der Waals surface area contributed by atoms with Crippen molar-refractivity contribution in [1.29, 1.82) is 0 Å². The van der Waals surface area contributed by atoms with E-state index in [4.69, 9.17) is 0 Å². The van der Waals surface area contributed by atoms with Crippen molar-refractivity contribution in [2.45, 2.75) is 26.3 Å². The molecule has 112 valence electrons. The van der Waals surface area contributed by atoms with Gasteiger partial charge in [-0.25, -0.2) is 4.98 Å². The van der Waals surface area contributed by atoms with Crippen LogP contribution in [-0.2, 0) is 0 Å². The van der Waals surface area contributed by atoms with Crippen molar-refractivity contribution in [3.05, 3.63) is 44.6 Å². The van der Waals surface area contributed by atoms with E-state index in [0.717, 1.165) is 17.8 Å². The first-order valence-electron chi connectivity index (χ1n) is 6.80.